The fraction of sp³-hybridized carbons (Fsp3) is 0.312. The molecule has 4 N–H and O–H groups in total. The molecule has 0 aromatic heterocycles. The van der Waals surface area contributed by atoms with E-state index in [1.165, 1.54) is 12.0 Å². The van der Waals surface area contributed by atoms with Crippen molar-refractivity contribution in [3.8, 4) is 22.9 Å². The van der Waals surface area contributed by atoms with Gasteiger partial charge in [0.1, 0.15) is 5.75 Å². The average molecular weight is 681 g/mol. The molecule has 0 aliphatic carbocycles. The summed E-state index contributed by atoms with van der Waals surface area (Å²) < 4.78 is 69.1. The lowest BCUT2D eigenvalue weighted by Crippen LogP contribution is -2.42. The molecule has 3 aromatic carbocycles. The predicted molar refractivity (Wildman–Crippen MR) is 159 cm³/mol. The van der Waals surface area contributed by atoms with Crippen LogP contribution in [0.3, 0.4) is 0 Å². The zero-order chi connectivity index (χ0) is 35.6. The first-order valence-corrected chi connectivity index (χ1v) is 14.1. The highest BCUT2D eigenvalue weighted by Gasteiger charge is 2.39. The minimum Gasteiger partial charge on any atom is -0.496 e. The lowest BCUT2D eigenvalue weighted by Gasteiger charge is -2.27. The van der Waals surface area contributed by atoms with Crippen molar-refractivity contribution in [1.29, 1.82) is 5.26 Å². The Bertz CT molecular complexity index is 1630. The fourth-order valence-electron chi connectivity index (χ4n) is 5.02. The molecule has 0 radical (unpaired) electrons. The Morgan fingerprint density at radius 3 is 2.15 bits per heavy atom. The largest absolute Gasteiger partial charge is 0.496 e. The Kier molecular flexibility index (Phi) is 12.5. The smallest absolute Gasteiger partial charge is 0.490 e. The van der Waals surface area contributed by atoms with Crippen LogP contribution in [0.4, 0.5) is 26.3 Å². The third kappa shape index (κ3) is 10.7. The van der Waals surface area contributed by atoms with E-state index in [0.29, 0.717) is 29.8 Å². The van der Waals surface area contributed by atoms with Crippen LogP contribution < -0.4 is 15.4 Å². The van der Waals surface area contributed by atoms with Crippen LogP contribution in [0.25, 0.3) is 11.1 Å². The summed E-state index contributed by atoms with van der Waals surface area (Å²) in [6.07, 6.45) is -8.91. The Hall–Kier alpha value is -5.14. The van der Waals surface area contributed by atoms with Gasteiger partial charge >= 0.3 is 24.3 Å². The van der Waals surface area contributed by atoms with Crippen LogP contribution in [0.2, 0.25) is 0 Å². The Morgan fingerprint density at radius 1 is 0.958 bits per heavy atom. The van der Waals surface area contributed by atoms with Crippen molar-refractivity contribution in [2.45, 2.75) is 43.9 Å². The summed E-state index contributed by atoms with van der Waals surface area (Å²) in [5.41, 5.74) is 5.33. The van der Waals surface area contributed by atoms with Gasteiger partial charge in [-0.2, -0.15) is 31.6 Å². The van der Waals surface area contributed by atoms with Gasteiger partial charge in [0.2, 0.25) is 0 Å². The minimum atomic E-state index is -5.08. The van der Waals surface area contributed by atoms with Crippen LogP contribution in [0.15, 0.2) is 66.7 Å². The maximum Gasteiger partial charge on any atom is 0.490 e. The number of halogens is 6. The van der Waals surface area contributed by atoms with Crippen LogP contribution in [-0.4, -0.2) is 77.6 Å². The number of rotatable bonds is 7. The maximum absolute atomic E-state index is 12.6. The molecule has 16 heteroatoms. The fourth-order valence-corrected chi connectivity index (χ4v) is 5.02. The number of nitrogens with zero attached hydrogens (tertiary/aromatic N) is 2. The number of alkyl halides is 6. The van der Waals surface area contributed by atoms with Gasteiger partial charge in [-0.3, -0.25) is 9.69 Å². The lowest BCUT2D eigenvalue weighted by molar-refractivity contribution is -0.193. The summed E-state index contributed by atoms with van der Waals surface area (Å²) in [7, 11) is 1.68. The second kappa shape index (κ2) is 16.1. The molecule has 2 saturated heterocycles. The number of aliphatic carboxylic acids is 2. The number of hydrogen-bond acceptors (Lipinski definition) is 7. The van der Waals surface area contributed by atoms with E-state index in [9.17, 15) is 31.1 Å². The molecule has 1 amide bonds. The summed E-state index contributed by atoms with van der Waals surface area (Å²) in [4.78, 5) is 32.9. The third-order valence-electron chi connectivity index (χ3n) is 7.25. The number of amides is 1. The van der Waals surface area contributed by atoms with E-state index in [0.717, 1.165) is 42.1 Å². The molecule has 2 atom stereocenters. The van der Waals surface area contributed by atoms with E-state index < -0.39 is 24.3 Å². The zero-order valence-corrected chi connectivity index (χ0v) is 25.2. The van der Waals surface area contributed by atoms with Crippen molar-refractivity contribution in [3.63, 3.8) is 0 Å². The molecule has 2 heterocycles. The summed E-state index contributed by atoms with van der Waals surface area (Å²) >= 11 is 0. The number of fused-ring (bicyclic) bond motifs is 2. The Balaban J connectivity index is 0.000000376. The summed E-state index contributed by atoms with van der Waals surface area (Å²) in [5, 5.41) is 29.8. The number of carbonyl (C=O) groups is 3. The number of benzene rings is 3. The molecule has 256 valence electrons. The van der Waals surface area contributed by atoms with Crippen molar-refractivity contribution in [1.82, 2.24) is 15.5 Å². The number of carbonyl (C=O) groups excluding carboxylic acids is 1. The molecule has 5 rings (SSSR count). The Morgan fingerprint density at radius 2 is 1.60 bits per heavy atom. The molecule has 2 bridgehead atoms. The lowest BCUT2D eigenvalue weighted by atomic mass is 9.99. The van der Waals surface area contributed by atoms with Crippen molar-refractivity contribution in [2.75, 3.05) is 20.2 Å². The van der Waals surface area contributed by atoms with Gasteiger partial charge in [-0.05, 0) is 59.5 Å². The first kappa shape index (κ1) is 37.3. The van der Waals surface area contributed by atoms with Gasteiger partial charge < -0.3 is 25.6 Å². The number of nitrogens with one attached hydrogen (secondary N) is 2. The topological polar surface area (TPSA) is 152 Å². The van der Waals surface area contributed by atoms with Crippen LogP contribution in [0, 0.1) is 11.3 Å². The first-order chi connectivity index (χ1) is 22.5. The number of carboxylic acid groups (broad SMARTS) is 2. The van der Waals surface area contributed by atoms with Crippen molar-refractivity contribution < 1.29 is 55.7 Å². The highest BCUT2D eigenvalue weighted by atomic mass is 19.4. The molecule has 2 aliphatic rings. The second-order valence-electron chi connectivity index (χ2n) is 10.6. The molecule has 3 aromatic rings. The first-order valence-electron chi connectivity index (χ1n) is 14.1. The van der Waals surface area contributed by atoms with E-state index in [2.05, 4.69) is 51.9 Å². The van der Waals surface area contributed by atoms with Crippen LogP contribution >= 0.6 is 0 Å². The molecular formula is C32H30F6N4O6. The number of methoxy groups -OCH3 is 1. The zero-order valence-electron chi connectivity index (χ0n) is 25.2. The monoisotopic (exact) mass is 680 g/mol. The Labute approximate surface area is 270 Å². The standard InChI is InChI=1S/C28H28N4O2.2C2HF3O2/c1-34-27-9-8-20(15-31-28(33)23-7-2-4-19(10-23)14-29)12-26(27)22-6-3-5-21(11-22)17-32-18-24-13-25(32)16-30-24;2*3-2(4,5)1(6)7/h2-12,24-25,30H,13,15-18H2,1H3,(H,31,33);2*(H,6,7)/t24-,25-;;/m0../s1. The number of piperazine rings is 1. The van der Waals surface area contributed by atoms with E-state index in [1.54, 1.807) is 31.4 Å². The molecule has 2 fully saturated rings. The molecule has 2 aliphatic heterocycles. The van der Waals surface area contributed by atoms with Gasteiger partial charge in [-0.15, -0.1) is 0 Å². The van der Waals surface area contributed by atoms with E-state index >= 15 is 0 Å². The summed E-state index contributed by atoms with van der Waals surface area (Å²) in [6, 6.07) is 24.7. The average Bonchev–Trinajstić information content (AvgIpc) is 3.67. The highest BCUT2D eigenvalue weighted by Crippen LogP contribution is 2.33. The van der Waals surface area contributed by atoms with Crippen molar-refractivity contribution >= 4 is 17.8 Å². The van der Waals surface area contributed by atoms with Gasteiger partial charge in [-0.25, -0.2) is 9.59 Å². The van der Waals surface area contributed by atoms with Gasteiger partial charge in [0.15, 0.2) is 0 Å². The van der Waals surface area contributed by atoms with Crippen LogP contribution in [0.1, 0.15) is 33.5 Å². The molecule has 0 saturated carbocycles. The number of ether oxygens (including phenoxy) is 1. The van der Waals surface area contributed by atoms with Gasteiger partial charge in [0.05, 0.1) is 18.7 Å². The molecule has 10 nitrogen and oxygen atoms in total. The van der Waals surface area contributed by atoms with Crippen molar-refractivity contribution in [2.24, 2.45) is 0 Å². The normalized spacial score (nSPS) is 16.8. The predicted octanol–water partition coefficient (Wildman–Crippen LogP) is 4.98. The molecular weight excluding hydrogens is 650 g/mol. The van der Waals surface area contributed by atoms with E-state index in [1.807, 2.05) is 12.1 Å². The minimum absolute atomic E-state index is 0.203. The number of carboxylic acids is 2. The van der Waals surface area contributed by atoms with E-state index in [4.69, 9.17) is 29.8 Å². The second-order valence-corrected chi connectivity index (χ2v) is 10.6. The highest BCUT2D eigenvalue weighted by molar-refractivity contribution is 5.94. The van der Waals surface area contributed by atoms with Gasteiger partial charge in [-0.1, -0.05) is 30.3 Å². The third-order valence-corrected chi connectivity index (χ3v) is 7.25. The maximum atomic E-state index is 12.6. The number of nitriles is 1. The van der Waals surface area contributed by atoms with Crippen LogP contribution in [-0.2, 0) is 22.7 Å². The van der Waals surface area contributed by atoms with Gasteiger partial charge in [0.25, 0.3) is 5.91 Å². The van der Waals surface area contributed by atoms with E-state index in [-0.39, 0.29) is 5.91 Å². The quantitative estimate of drug-likeness (QED) is 0.254. The molecule has 0 unspecified atom stereocenters. The molecule has 0 spiro atoms. The van der Waals surface area contributed by atoms with Crippen LogP contribution in [0.5, 0.6) is 5.75 Å². The molecule has 48 heavy (non-hydrogen) atoms. The van der Waals surface area contributed by atoms with Gasteiger partial charge in [0, 0.05) is 49.4 Å². The SMILES string of the molecule is COc1ccc(CNC(=O)c2cccc(C#N)c2)cc1-c1cccc(CN2C[C@@H]3C[C@H]2CN3)c1.O=C(O)C(F)(F)F.O=C(O)C(F)(F)F. The summed E-state index contributed by atoms with van der Waals surface area (Å²) in [5.74, 6) is -4.91. The number of likely N-dealkylation sites (tertiary alicyclic amines) is 1. The van der Waals surface area contributed by atoms with Crippen molar-refractivity contribution in [3.05, 3.63) is 89.0 Å². The summed E-state index contributed by atoms with van der Waals surface area (Å²) in [6.45, 7) is 3.55. The number of hydrogen-bond donors (Lipinski definition) is 4.